The molecule has 2 heterocycles. The number of amides is 2. The Morgan fingerprint density at radius 1 is 1.48 bits per heavy atom. The van der Waals surface area contributed by atoms with E-state index in [-0.39, 0.29) is 12.1 Å². The van der Waals surface area contributed by atoms with Crippen molar-refractivity contribution in [2.75, 3.05) is 6.54 Å². The fourth-order valence-corrected chi connectivity index (χ4v) is 3.60. The number of rotatable bonds is 2. The van der Waals surface area contributed by atoms with Gasteiger partial charge in [0.1, 0.15) is 6.04 Å². The SMILES string of the molecule is CC1c2ccsc2CCN1C(=O)NC(C(=O)O)C(C)(C)C. The molecule has 6 heteroatoms. The maximum Gasteiger partial charge on any atom is 0.326 e. The van der Waals surface area contributed by atoms with Gasteiger partial charge in [0, 0.05) is 11.4 Å². The summed E-state index contributed by atoms with van der Waals surface area (Å²) in [7, 11) is 0. The lowest BCUT2D eigenvalue weighted by Crippen LogP contribution is -2.54. The molecule has 1 aromatic heterocycles. The summed E-state index contributed by atoms with van der Waals surface area (Å²) in [4.78, 5) is 26.9. The average molecular weight is 310 g/mol. The molecule has 1 aliphatic rings. The highest BCUT2D eigenvalue weighted by atomic mass is 32.1. The monoisotopic (exact) mass is 310 g/mol. The molecule has 0 saturated carbocycles. The van der Waals surface area contributed by atoms with Gasteiger partial charge >= 0.3 is 12.0 Å². The van der Waals surface area contributed by atoms with Crippen molar-refractivity contribution < 1.29 is 14.7 Å². The van der Waals surface area contributed by atoms with E-state index < -0.39 is 17.4 Å². The van der Waals surface area contributed by atoms with Gasteiger partial charge in [0.05, 0.1) is 6.04 Å². The Morgan fingerprint density at radius 2 is 2.14 bits per heavy atom. The number of nitrogens with zero attached hydrogens (tertiary/aromatic N) is 1. The summed E-state index contributed by atoms with van der Waals surface area (Å²) in [6.45, 7) is 8.03. The minimum Gasteiger partial charge on any atom is -0.480 e. The average Bonchev–Trinajstić information content (AvgIpc) is 2.83. The third-order valence-corrected chi connectivity index (χ3v) is 4.92. The third kappa shape index (κ3) is 3.20. The number of carbonyl (C=O) groups excluding carboxylic acids is 1. The van der Waals surface area contributed by atoms with E-state index in [1.807, 2.05) is 39.1 Å². The maximum atomic E-state index is 12.5. The molecule has 2 amide bonds. The van der Waals surface area contributed by atoms with Crippen LogP contribution >= 0.6 is 11.3 Å². The Labute approximate surface area is 129 Å². The molecule has 0 spiro atoms. The van der Waals surface area contributed by atoms with Crippen molar-refractivity contribution in [1.82, 2.24) is 10.2 Å². The van der Waals surface area contributed by atoms with E-state index in [0.29, 0.717) is 6.54 Å². The van der Waals surface area contributed by atoms with Crippen molar-refractivity contribution in [1.29, 1.82) is 0 Å². The van der Waals surface area contributed by atoms with Crippen LogP contribution in [0.2, 0.25) is 0 Å². The van der Waals surface area contributed by atoms with Gasteiger partial charge in [0.25, 0.3) is 0 Å². The Kier molecular flexibility index (Phi) is 4.27. The molecule has 5 nitrogen and oxygen atoms in total. The van der Waals surface area contributed by atoms with Crippen molar-refractivity contribution in [3.8, 4) is 0 Å². The third-order valence-electron chi connectivity index (χ3n) is 3.92. The highest BCUT2D eigenvalue weighted by molar-refractivity contribution is 7.10. The minimum absolute atomic E-state index is 0.0191. The van der Waals surface area contributed by atoms with E-state index in [9.17, 15) is 14.7 Å². The van der Waals surface area contributed by atoms with Crippen LogP contribution in [0.15, 0.2) is 11.4 Å². The number of nitrogens with one attached hydrogen (secondary N) is 1. The molecular weight excluding hydrogens is 288 g/mol. The Hall–Kier alpha value is -1.56. The number of hydrogen-bond acceptors (Lipinski definition) is 3. The van der Waals surface area contributed by atoms with Gasteiger partial charge in [-0.25, -0.2) is 9.59 Å². The van der Waals surface area contributed by atoms with Crippen molar-refractivity contribution in [3.05, 3.63) is 21.9 Å². The van der Waals surface area contributed by atoms with E-state index in [0.717, 1.165) is 6.42 Å². The van der Waals surface area contributed by atoms with Gasteiger partial charge in [0.15, 0.2) is 0 Å². The van der Waals surface area contributed by atoms with Crippen LogP contribution in [-0.4, -0.2) is 34.6 Å². The summed E-state index contributed by atoms with van der Waals surface area (Å²) in [5.74, 6) is -1.00. The fourth-order valence-electron chi connectivity index (χ4n) is 2.64. The van der Waals surface area contributed by atoms with Crippen molar-refractivity contribution >= 4 is 23.3 Å². The van der Waals surface area contributed by atoms with Crippen LogP contribution in [0, 0.1) is 5.41 Å². The standard InChI is InChI=1S/C15H22N2O3S/c1-9-10-6-8-21-11(10)5-7-17(9)14(20)16-12(13(18)19)15(2,3)4/h6,8-9,12H,5,7H2,1-4H3,(H,16,20)(H,18,19). The number of thiophene rings is 1. The van der Waals surface area contributed by atoms with Crippen LogP contribution in [0.5, 0.6) is 0 Å². The topological polar surface area (TPSA) is 69.6 Å². The lowest BCUT2D eigenvalue weighted by atomic mass is 9.87. The van der Waals surface area contributed by atoms with Crippen LogP contribution < -0.4 is 5.32 Å². The molecule has 0 fully saturated rings. The number of aliphatic carboxylic acids is 1. The molecule has 0 radical (unpaired) electrons. The lowest BCUT2D eigenvalue weighted by Gasteiger charge is -2.36. The molecule has 1 aromatic rings. The largest absolute Gasteiger partial charge is 0.480 e. The van der Waals surface area contributed by atoms with E-state index in [4.69, 9.17) is 0 Å². The van der Waals surface area contributed by atoms with Crippen molar-refractivity contribution in [2.24, 2.45) is 5.41 Å². The van der Waals surface area contributed by atoms with Gasteiger partial charge in [-0.15, -0.1) is 11.3 Å². The maximum absolute atomic E-state index is 12.5. The second kappa shape index (κ2) is 5.67. The smallest absolute Gasteiger partial charge is 0.326 e. The van der Waals surface area contributed by atoms with Crippen LogP contribution in [0.1, 0.15) is 44.2 Å². The summed E-state index contributed by atoms with van der Waals surface area (Å²) in [6, 6.07) is 0.819. The first-order valence-electron chi connectivity index (χ1n) is 7.08. The Bertz CT molecular complexity index is 547. The van der Waals surface area contributed by atoms with Gasteiger partial charge in [-0.3, -0.25) is 0 Å². The summed E-state index contributed by atoms with van der Waals surface area (Å²) in [5.41, 5.74) is 0.637. The second-order valence-corrected chi connectivity index (χ2v) is 7.51. The van der Waals surface area contributed by atoms with E-state index >= 15 is 0 Å². The molecule has 2 N–H and O–H groups in total. The highest BCUT2D eigenvalue weighted by Crippen LogP contribution is 2.33. The molecule has 116 valence electrons. The predicted molar refractivity (Wildman–Crippen MR) is 82.6 cm³/mol. The van der Waals surface area contributed by atoms with Crippen LogP contribution in [0.3, 0.4) is 0 Å². The van der Waals surface area contributed by atoms with Gasteiger partial charge < -0.3 is 15.3 Å². The molecule has 2 unspecified atom stereocenters. The number of carboxylic acids is 1. The summed E-state index contributed by atoms with van der Waals surface area (Å²) < 4.78 is 0. The Balaban J connectivity index is 2.12. The highest BCUT2D eigenvalue weighted by Gasteiger charge is 2.36. The van der Waals surface area contributed by atoms with Crippen molar-refractivity contribution in [2.45, 2.75) is 46.2 Å². The first kappa shape index (κ1) is 15.8. The van der Waals surface area contributed by atoms with Gasteiger partial charge in [0.2, 0.25) is 0 Å². The molecule has 0 bridgehead atoms. The van der Waals surface area contributed by atoms with Gasteiger partial charge in [-0.2, -0.15) is 0 Å². The van der Waals surface area contributed by atoms with Gasteiger partial charge in [-0.1, -0.05) is 20.8 Å². The van der Waals surface area contributed by atoms with E-state index in [1.54, 1.807) is 16.2 Å². The lowest BCUT2D eigenvalue weighted by molar-refractivity contribution is -0.142. The predicted octanol–water partition coefficient (Wildman–Crippen LogP) is 2.88. The first-order valence-corrected chi connectivity index (χ1v) is 7.96. The number of fused-ring (bicyclic) bond motifs is 1. The summed E-state index contributed by atoms with van der Waals surface area (Å²) >= 11 is 1.71. The minimum atomic E-state index is -1.00. The van der Waals surface area contributed by atoms with Crippen molar-refractivity contribution in [3.63, 3.8) is 0 Å². The van der Waals surface area contributed by atoms with E-state index in [2.05, 4.69) is 5.32 Å². The molecule has 1 aliphatic heterocycles. The molecule has 0 aliphatic carbocycles. The van der Waals surface area contributed by atoms with Crippen LogP contribution in [-0.2, 0) is 11.2 Å². The molecular formula is C15H22N2O3S. The van der Waals surface area contributed by atoms with Gasteiger partial charge in [-0.05, 0) is 35.8 Å². The molecule has 2 rings (SSSR count). The molecule has 2 atom stereocenters. The fraction of sp³-hybridized carbons (Fsp3) is 0.600. The first-order chi connectivity index (χ1) is 9.71. The quantitative estimate of drug-likeness (QED) is 0.882. The molecule has 21 heavy (non-hydrogen) atoms. The van der Waals surface area contributed by atoms with Crippen LogP contribution in [0.4, 0.5) is 4.79 Å². The number of hydrogen-bond donors (Lipinski definition) is 2. The summed E-state index contributed by atoms with van der Waals surface area (Å²) in [5, 5.41) is 14.0. The normalized spacial score (nSPS) is 19.8. The number of urea groups is 1. The van der Waals surface area contributed by atoms with Crippen LogP contribution in [0.25, 0.3) is 0 Å². The second-order valence-electron chi connectivity index (χ2n) is 6.51. The molecule has 0 saturated heterocycles. The zero-order valence-electron chi connectivity index (χ0n) is 12.8. The van der Waals surface area contributed by atoms with E-state index in [1.165, 1.54) is 10.4 Å². The zero-order chi connectivity index (χ0) is 15.8. The number of carboxylic acid groups (broad SMARTS) is 1. The Morgan fingerprint density at radius 3 is 2.71 bits per heavy atom. The molecule has 0 aromatic carbocycles. The zero-order valence-corrected chi connectivity index (χ0v) is 13.7. The summed E-state index contributed by atoms with van der Waals surface area (Å²) in [6.07, 6.45) is 0.831. The number of carbonyl (C=O) groups is 2.